The first-order chi connectivity index (χ1) is 18.1. The van der Waals surface area contributed by atoms with Gasteiger partial charge >= 0.3 is 0 Å². The van der Waals surface area contributed by atoms with Crippen molar-refractivity contribution < 1.29 is 9.53 Å². The average molecular weight is 572 g/mol. The van der Waals surface area contributed by atoms with E-state index in [2.05, 4.69) is 36.7 Å². The Morgan fingerprint density at radius 3 is 2.54 bits per heavy atom. The van der Waals surface area contributed by atoms with Crippen LogP contribution in [-0.4, -0.2) is 39.7 Å². The van der Waals surface area contributed by atoms with E-state index < -0.39 is 0 Å². The smallest absolute Gasteiger partial charge is 0.250 e. The Labute approximate surface area is 226 Å². The fourth-order valence-corrected chi connectivity index (χ4v) is 4.89. The third-order valence-corrected chi connectivity index (χ3v) is 7.07. The number of amides is 1. The van der Waals surface area contributed by atoms with Crippen LogP contribution in [0.2, 0.25) is 0 Å². The second kappa shape index (κ2) is 11.4. The number of hydrazone groups is 1. The molecule has 5 aromatic rings. The first kappa shape index (κ1) is 24.7. The summed E-state index contributed by atoms with van der Waals surface area (Å²) in [5.74, 6) is 1.24. The van der Waals surface area contributed by atoms with Gasteiger partial charge in [0.25, 0.3) is 5.91 Å². The number of thioether (sulfide) groups is 1. The van der Waals surface area contributed by atoms with Gasteiger partial charge in [0.2, 0.25) is 0 Å². The summed E-state index contributed by atoms with van der Waals surface area (Å²) in [7, 11) is 1.61. The number of carbonyl (C=O) groups excluding carboxylic acids is 1. The van der Waals surface area contributed by atoms with E-state index in [9.17, 15) is 4.79 Å². The van der Waals surface area contributed by atoms with Crippen LogP contribution in [0.15, 0.2) is 106 Å². The van der Waals surface area contributed by atoms with Gasteiger partial charge in [-0.2, -0.15) is 5.10 Å². The summed E-state index contributed by atoms with van der Waals surface area (Å²) in [6.07, 6.45) is 1.61. The Balaban J connectivity index is 1.33. The third-order valence-electron chi connectivity index (χ3n) is 5.62. The number of fused-ring (bicyclic) bond motifs is 1. The zero-order valence-corrected chi connectivity index (χ0v) is 22.2. The number of halogens is 1. The van der Waals surface area contributed by atoms with E-state index in [4.69, 9.17) is 4.74 Å². The van der Waals surface area contributed by atoms with Gasteiger partial charge in [0.1, 0.15) is 5.75 Å². The predicted molar refractivity (Wildman–Crippen MR) is 151 cm³/mol. The summed E-state index contributed by atoms with van der Waals surface area (Å²) < 4.78 is 8.41. The molecule has 7 nitrogen and oxygen atoms in total. The van der Waals surface area contributed by atoms with Crippen molar-refractivity contribution in [1.82, 2.24) is 20.2 Å². The summed E-state index contributed by atoms with van der Waals surface area (Å²) in [6.45, 7) is 0. The van der Waals surface area contributed by atoms with Crippen LogP contribution in [-0.2, 0) is 4.79 Å². The highest BCUT2D eigenvalue weighted by Gasteiger charge is 2.17. The highest BCUT2D eigenvalue weighted by molar-refractivity contribution is 9.10. The molecule has 0 saturated carbocycles. The van der Waals surface area contributed by atoms with Crippen molar-refractivity contribution >= 4 is 50.6 Å². The Kier molecular flexibility index (Phi) is 7.62. The zero-order chi connectivity index (χ0) is 25.6. The number of benzene rings is 4. The minimum Gasteiger partial charge on any atom is -0.496 e. The van der Waals surface area contributed by atoms with Gasteiger partial charge in [-0.25, -0.2) is 5.43 Å². The van der Waals surface area contributed by atoms with Crippen LogP contribution in [0.4, 0.5) is 0 Å². The minimum atomic E-state index is -0.257. The predicted octanol–water partition coefficient (Wildman–Crippen LogP) is 6.10. The molecule has 0 radical (unpaired) electrons. The van der Waals surface area contributed by atoms with Crippen molar-refractivity contribution in [2.24, 2.45) is 5.10 Å². The minimum absolute atomic E-state index is 0.119. The summed E-state index contributed by atoms with van der Waals surface area (Å²) in [4.78, 5) is 12.7. The SMILES string of the molecule is COc1ccc2ccccc2c1/C=N/NC(=O)CSc1nnc(-c2ccccc2)n1-c1ccc(Br)cc1. The molecular weight excluding hydrogens is 550 g/mol. The van der Waals surface area contributed by atoms with Crippen molar-refractivity contribution in [3.8, 4) is 22.8 Å². The molecule has 1 N–H and O–H groups in total. The maximum absolute atomic E-state index is 12.7. The van der Waals surface area contributed by atoms with Crippen molar-refractivity contribution in [2.75, 3.05) is 12.9 Å². The van der Waals surface area contributed by atoms with E-state index in [-0.39, 0.29) is 11.7 Å². The highest BCUT2D eigenvalue weighted by atomic mass is 79.9. The quantitative estimate of drug-likeness (QED) is 0.138. The van der Waals surface area contributed by atoms with Gasteiger partial charge in [0.05, 0.1) is 19.1 Å². The largest absolute Gasteiger partial charge is 0.496 e. The number of rotatable bonds is 8. The molecule has 1 heterocycles. The molecule has 0 saturated heterocycles. The Bertz CT molecular complexity index is 1570. The lowest BCUT2D eigenvalue weighted by molar-refractivity contribution is -0.118. The van der Waals surface area contributed by atoms with Gasteiger partial charge in [-0.1, -0.05) is 88.4 Å². The topological polar surface area (TPSA) is 81.4 Å². The van der Waals surface area contributed by atoms with Gasteiger partial charge in [-0.15, -0.1) is 10.2 Å². The molecule has 1 amide bonds. The van der Waals surface area contributed by atoms with E-state index in [0.717, 1.165) is 32.1 Å². The second-order valence-electron chi connectivity index (χ2n) is 7.97. The number of hydrogen-bond acceptors (Lipinski definition) is 6. The van der Waals surface area contributed by atoms with Crippen LogP contribution in [0.25, 0.3) is 27.8 Å². The van der Waals surface area contributed by atoms with E-state index in [1.165, 1.54) is 11.8 Å². The lowest BCUT2D eigenvalue weighted by atomic mass is 10.0. The number of carbonyl (C=O) groups is 1. The Hall–Kier alpha value is -3.95. The molecule has 37 heavy (non-hydrogen) atoms. The first-order valence-electron chi connectivity index (χ1n) is 11.4. The highest BCUT2D eigenvalue weighted by Crippen LogP contribution is 2.29. The fraction of sp³-hybridized carbons (Fsp3) is 0.0714. The summed E-state index contributed by atoms with van der Waals surface area (Å²) in [5, 5.41) is 15.6. The van der Waals surface area contributed by atoms with E-state index >= 15 is 0 Å². The van der Waals surface area contributed by atoms with E-state index in [0.29, 0.717) is 16.7 Å². The third kappa shape index (κ3) is 5.58. The number of ether oxygens (including phenoxy) is 1. The number of methoxy groups -OCH3 is 1. The van der Waals surface area contributed by atoms with Crippen LogP contribution in [0.5, 0.6) is 5.75 Å². The van der Waals surface area contributed by atoms with Crippen molar-refractivity contribution in [2.45, 2.75) is 5.16 Å². The number of aromatic nitrogens is 3. The normalized spacial score (nSPS) is 11.2. The standard InChI is InChI=1S/C28H22BrN5O2S/c1-36-25-16-11-19-7-5-6-10-23(19)24(25)17-30-31-26(35)18-37-28-33-32-27(20-8-3-2-4-9-20)34(28)22-14-12-21(29)13-15-22/h2-17H,18H2,1H3,(H,31,35)/b30-17+. The molecule has 9 heteroatoms. The molecule has 0 aliphatic carbocycles. The van der Waals surface area contributed by atoms with Crippen LogP contribution in [0.3, 0.4) is 0 Å². The maximum Gasteiger partial charge on any atom is 0.250 e. The number of nitrogens with one attached hydrogen (secondary N) is 1. The van der Waals surface area contributed by atoms with Crippen LogP contribution in [0, 0.1) is 0 Å². The lowest BCUT2D eigenvalue weighted by Gasteiger charge is -2.10. The number of hydrogen-bond donors (Lipinski definition) is 1. The van der Waals surface area contributed by atoms with Crippen molar-refractivity contribution in [3.63, 3.8) is 0 Å². The monoisotopic (exact) mass is 571 g/mol. The molecule has 0 atom stereocenters. The molecule has 4 aromatic carbocycles. The molecule has 0 aliphatic rings. The first-order valence-corrected chi connectivity index (χ1v) is 13.2. The van der Waals surface area contributed by atoms with Gasteiger partial charge in [-0.3, -0.25) is 9.36 Å². The molecule has 0 bridgehead atoms. The summed E-state index contributed by atoms with van der Waals surface area (Å²) in [6, 6.07) is 29.5. The molecule has 0 unspecified atom stereocenters. The molecule has 5 rings (SSSR count). The maximum atomic E-state index is 12.7. The van der Waals surface area contributed by atoms with E-state index in [1.807, 2.05) is 95.6 Å². The Morgan fingerprint density at radius 2 is 1.76 bits per heavy atom. The van der Waals surface area contributed by atoms with E-state index in [1.54, 1.807) is 13.3 Å². The van der Waals surface area contributed by atoms with Crippen molar-refractivity contribution in [1.29, 1.82) is 0 Å². The van der Waals surface area contributed by atoms with Gasteiger partial charge in [0, 0.05) is 21.3 Å². The van der Waals surface area contributed by atoms with Gasteiger partial charge < -0.3 is 4.74 Å². The van der Waals surface area contributed by atoms with Gasteiger partial charge in [0.15, 0.2) is 11.0 Å². The molecule has 184 valence electrons. The zero-order valence-electron chi connectivity index (χ0n) is 19.8. The second-order valence-corrected chi connectivity index (χ2v) is 9.83. The Morgan fingerprint density at radius 1 is 1.00 bits per heavy atom. The van der Waals surface area contributed by atoms with Crippen LogP contribution in [0.1, 0.15) is 5.56 Å². The molecular formula is C28H22BrN5O2S. The molecule has 0 fully saturated rings. The van der Waals surface area contributed by atoms with Crippen molar-refractivity contribution in [3.05, 3.63) is 101 Å². The summed E-state index contributed by atoms with van der Waals surface area (Å²) >= 11 is 4.78. The lowest BCUT2D eigenvalue weighted by Crippen LogP contribution is -2.20. The van der Waals surface area contributed by atoms with Crippen LogP contribution >= 0.6 is 27.7 Å². The fourth-order valence-electron chi connectivity index (χ4n) is 3.88. The molecule has 0 spiro atoms. The number of nitrogens with zero attached hydrogens (tertiary/aromatic N) is 4. The van der Waals surface area contributed by atoms with Gasteiger partial charge in [-0.05, 0) is 41.1 Å². The average Bonchev–Trinajstić information content (AvgIpc) is 3.37. The molecule has 1 aromatic heterocycles. The van der Waals surface area contributed by atoms with Crippen LogP contribution < -0.4 is 10.2 Å². The summed E-state index contributed by atoms with van der Waals surface area (Å²) in [5.41, 5.74) is 5.25. The molecule has 0 aliphatic heterocycles.